The van der Waals surface area contributed by atoms with Gasteiger partial charge in [0.1, 0.15) is 5.56 Å². The van der Waals surface area contributed by atoms with Gasteiger partial charge in [-0.15, -0.1) is 0 Å². The molecule has 0 saturated carbocycles. The summed E-state index contributed by atoms with van der Waals surface area (Å²) in [5.41, 5.74) is -1.14. The molecule has 8 heteroatoms. The molecule has 0 aliphatic rings. The highest BCUT2D eigenvalue weighted by molar-refractivity contribution is 5.95. The van der Waals surface area contributed by atoms with Crippen molar-refractivity contribution in [3.63, 3.8) is 0 Å². The molecule has 2 aromatic rings. The average molecular weight is 302 g/mol. The average Bonchev–Trinajstić information content (AvgIpc) is 2.53. The number of carbonyl (C=O) groups is 1. The predicted molar refractivity (Wildman–Crippen MR) is 76.5 cm³/mol. The molecule has 0 amide bonds. The molecule has 112 valence electrons. The van der Waals surface area contributed by atoms with E-state index in [1.165, 1.54) is 12.1 Å². The van der Waals surface area contributed by atoms with E-state index in [4.69, 9.17) is 0 Å². The van der Waals surface area contributed by atoms with Crippen molar-refractivity contribution in [1.82, 2.24) is 0 Å². The number of nitrogens with zero attached hydrogens (tertiary/aromatic N) is 2. The first-order chi connectivity index (χ1) is 10.5. The number of benzene rings is 2. The molecule has 0 atom stereocenters. The van der Waals surface area contributed by atoms with Crippen molar-refractivity contribution in [3.8, 4) is 11.1 Å². The van der Waals surface area contributed by atoms with Crippen LogP contribution >= 0.6 is 0 Å². The van der Waals surface area contributed by atoms with Gasteiger partial charge in [0.15, 0.2) is 0 Å². The molecule has 0 spiro atoms. The Balaban J connectivity index is 2.83. The summed E-state index contributed by atoms with van der Waals surface area (Å²) < 4.78 is 4.47. The monoisotopic (exact) mass is 302 g/mol. The molecule has 0 bridgehead atoms. The Hall–Kier alpha value is -3.29. The van der Waals surface area contributed by atoms with Crippen LogP contribution in [0.25, 0.3) is 11.1 Å². The van der Waals surface area contributed by atoms with Crippen molar-refractivity contribution in [2.45, 2.75) is 0 Å². The molecule has 0 radical (unpaired) electrons. The van der Waals surface area contributed by atoms with Crippen LogP contribution in [0.3, 0.4) is 0 Å². The van der Waals surface area contributed by atoms with Crippen LogP contribution in [0.5, 0.6) is 0 Å². The van der Waals surface area contributed by atoms with E-state index in [-0.39, 0.29) is 11.1 Å². The molecule has 8 nitrogen and oxygen atoms in total. The number of rotatable bonds is 4. The first-order valence-electron chi connectivity index (χ1n) is 6.06. The zero-order valence-corrected chi connectivity index (χ0v) is 11.4. The number of methoxy groups -OCH3 is 1. The van der Waals surface area contributed by atoms with E-state index in [0.717, 1.165) is 19.2 Å². The maximum absolute atomic E-state index is 11.5. The molecule has 0 saturated heterocycles. The summed E-state index contributed by atoms with van der Waals surface area (Å²) in [5.74, 6) is -0.884. The lowest BCUT2D eigenvalue weighted by Crippen LogP contribution is -2.05. The number of hydrogen-bond donors (Lipinski definition) is 0. The largest absolute Gasteiger partial charge is 0.465 e. The quantitative estimate of drug-likeness (QED) is 0.487. The van der Waals surface area contributed by atoms with Crippen LogP contribution in [-0.2, 0) is 4.74 Å². The van der Waals surface area contributed by atoms with Gasteiger partial charge in [0.25, 0.3) is 11.4 Å². The fourth-order valence-corrected chi connectivity index (χ4v) is 2.04. The lowest BCUT2D eigenvalue weighted by Gasteiger charge is -2.07. The third-order valence-corrected chi connectivity index (χ3v) is 2.97. The number of hydrogen-bond acceptors (Lipinski definition) is 6. The van der Waals surface area contributed by atoms with Crippen molar-refractivity contribution < 1.29 is 19.4 Å². The van der Waals surface area contributed by atoms with Gasteiger partial charge in [-0.3, -0.25) is 20.2 Å². The van der Waals surface area contributed by atoms with Crippen LogP contribution in [-0.4, -0.2) is 22.9 Å². The fraction of sp³-hybridized carbons (Fsp3) is 0.0714. The van der Waals surface area contributed by atoms with Gasteiger partial charge in [-0.2, -0.15) is 0 Å². The third-order valence-electron chi connectivity index (χ3n) is 2.97. The molecular weight excluding hydrogens is 292 g/mol. The number of nitro groups is 2. The Morgan fingerprint density at radius 2 is 1.50 bits per heavy atom. The fourth-order valence-electron chi connectivity index (χ4n) is 2.04. The van der Waals surface area contributed by atoms with Crippen molar-refractivity contribution >= 4 is 17.3 Å². The lowest BCUT2D eigenvalue weighted by atomic mass is 9.99. The third kappa shape index (κ3) is 2.75. The van der Waals surface area contributed by atoms with Gasteiger partial charge in [0.2, 0.25) is 0 Å². The minimum absolute atomic E-state index is 0.150. The summed E-state index contributed by atoms with van der Waals surface area (Å²) >= 11 is 0. The van der Waals surface area contributed by atoms with Crippen LogP contribution in [0.2, 0.25) is 0 Å². The van der Waals surface area contributed by atoms with Gasteiger partial charge in [-0.1, -0.05) is 30.3 Å². The van der Waals surface area contributed by atoms with E-state index in [0.29, 0.717) is 5.56 Å². The molecule has 0 aromatic heterocycles. The Morgan fingerprint density at radius 1 is 1.00 bits per heavy atom. The summed E-state index contributed by atoms with van der Waals surface area (Å²) in [6, 6.07) is 9.89. The highest BCUT2D eigenvalue weighted by Crippen LogP contribution is 2.39. The highest BCUT2D eigenvalue weighted by atomic mass is 16.6. The van der Waals surface area contributed by atoms with Crippen LogP contribution in [0.1, 0.15) is 10.4 Å². The molecule has 22 heavy (non-hydrogen) atoms. The normalized spacial score (nSPS) is 10.0. The number of esters is 1. The number of carbonyl (C=O) groups excluding carboxylic acids is 1. The first kappa shape index (κ1) is 15.1. The zero-order chi connectivity index (χ0) is 16.3. The van der Waals surface area contributed by atoms with E-state index in [9.17, 15) is 25.0 Å². The van der Waals surface area contributed by atoms with Gasteiger partial charge in [-0.05, 0) is 5.56 Å². The van der Waals surface area contributed by atoms with Crippen molar-refractivity contribution in [1.29, 1.82) is 0 Å². The molecular formula is C14H10N2O6. The second-order valence-corrected chi connectivity index (χ2v) is 4.26. The Morgan fingerprint density at radius 3 is 1.91 bits per heavy atom. The second-order valence-electron chi connectivity index (χ2n) is 4.26. The van der Waals surface area contributed by atoms with Gasteiger partial charge in [0, 0.05) is 12.1 Å². The van der Waals surface area contributed by atoms with Crippen LogP contribution in [0.15, 0.2) is 42.5 Å². The number of ether oxygens (including phenoxy) is 1. The van der Waals surface area contributed by atoms with Crippen molar-refractivity contribution in [2.24, 2.45) is 0 Å². The van der Waals surface area contributed by atoms with Gasteiger partial charge in [-0.25, -0.2) is 4.79 Å². The van der Waals surface area contributed by atoms with Crippen LogP contribution in [0, 0.1) is 20.2 Å². The smallest absolute Gasteiger partial charge is 0.338 e. The molecule has 2 rings (SSSR count). The molecule has 0 N–H and O–H groups in total. The minimum atomic E-state index is -0.884. The summed E-state index contributed by atoms with van der Waals surface area (Å²) in [7, 11) is 1.09. The van der Waals surface area contributed by atoms with Crippen molar-refractivity contribution in [3.05, 3.63) is 68.3 Å². The van der Waals surface area contributed by atoms with E-state index < -0.39 is 27.2 Å². The summed E-state index contributed by atoms with van der Waals surface area (Å²) in [5, 5.41) is 22.5. The SMILES string of the molecule is COC(=O)c1cc([N+](=O)[O-])c(-c2ccccc2)c([N+](=O)[O-])c1. The highest BCUT2D eigenvalue weighted by Gasteiger charge is 2.29. The number of nitro benzene ring substituents is 2. The predicted octanol–water partition coefficient (Wildman–Crippen LogP) is 2.96. The zero-order valence-electron chi connectivity index (χ0n) is 11.4. The molecule has 0 aliphatic heterocycles. The van der Waals surface area contributed by atoms with E-state index in [1.54, 1.807) is 18.2 Å². The Bertz CT molecular complexity index is 722. The summed E-state index contributed by atoms with van der Waals surface area (Å²) in [6.45, 7) is 0. The molecule has 0 fully saturated rings. The first-order valence-corrected chi connectivity index (χ1v) is 6.06. The van der Waals surface area contributed by atoms with E-state index >= 15 is 0 Å². The molecule has 0 unspecified atom stereocenters. The standard InChI is InChI=1S/C14H10N2O6/c1-22-14(17)10-7-11(15(18)19)13(12(8-10)16(20)21)9-5-3-2-4-6-9/h2-8H,1H3. The summed E-state index contributed by atoms with van der Waals surface area (Å²) in [6.07, 6.45) is 0. The second kappa shape index (κ2) is 6.00. The maximum Gasteiger partial charge on any atom is 0.338 e. The van der Waals surface area contributed by atoms with E-state index in [1.807, 2.05) is 0 Å². The van der Waals surface area contributed by atoms with Crippen LogP contribution < -0.4 is 0 Å². The maximum atomic E-state index is 11.5. The van der Waals surface area contributed by atoms with Crippen molar-refractivity contribution in [2.75, 3.05) is 7.11 Å². The van der Waals surface area contributed by atoms with Gasteiger partial charge in [0.05, 0.1) is 22.5 Å². The van der Waals surface area contributed by atoms with Gasteiger partial charge < -0.3 is 4.74 Å². The topological polar surface area (TPSA) is 113 Å². The summed E-state index contributed by atoms with van der Waals surface area (Å²) in [4.78, 5) is 32.5. The minimum Gasteiger partial charge on any atom is -0.465 e. The molecule has 0 heterocycles. The lowest BCUT2D eigenvalue weighted by molar-refractivity contribution is -0.392. The van der Waals surface area contributed by atoms with E-state index in [2.05, 4.69) is 4.74 Å². The Kier molecular flexibility index (Phi) is 4.12. The molecule has 0 aliphatic carbocycles. The Labute approximate surface area is 124 Å². The van der Waals surface area contributed by atoms with Crippen LogP contribution in [0.4, 0.5) is 11.4 Å². The molecule has 2 aromatic carbocycles. The van der Waals surface area contributed by atoms with Gasteiger partial charge >= 0.3 is 5.97 Å².